The number of ether oxygens (including phenoxy) is 3. The van der Waals surface area contributed by atoms with E-state index in [2.05, 4.69) is 0 Å². The van der Waals surface area contributed by atoms with Crippen LogP contribution in [0.3, 0.4) is 0 Å². The van der Waals surface area contributed by atoms with Crippen LogP contribution in [0.5, 0.6) is 5.75 Å². The van der Waals surface area contributed by atoms with Crippen molar-refractivity contribution in [2.45, 2.75) is 43.3 Å². The van der Waals surface area contributed by atoms with Gasteiger partial charge in [0.05, 0.1) is 12.2 Å². The van der Waals surface area contributed by atoms with Crippen LogP contribution in [0.15, 0.2) is 18.2 Å². The second kappa shape index (κ2) is 6.51. The van der Waals surface area contributed by atoms with Crippen molar-refractivity contribution < 1.29 is 18.6 Å². The molecular formula is C16H20ClFO3. The molecule has 2 saturated heterocycles. The first kappa shape index (κ1) is 15.1. The predicted molar refractivity (Wildman–Crippen MR) is 78.3 cm³/mol. The van der Waals surface area contributed by atoms with Crippen LogP contribution in [0.1, 0.15) is 31.2 Å². The van der Waals surface area contributed by atoms with Crippen molar-refractivity contribution in [2.24, 2.45) is 0 Å². The zero-order chi connectivity index (χ0) is 14.7. The Bertz CT molecular complexity index is 483. The molecule has 0 saturated carbocycles. The first-order chi connectivity index (χ1) is 10.2. The van der Waals surface area contributed by atoms with Gasteiger partial charge >= 0.3 is 0 Å². The summed E-state index contributed by atoms with van der Waals surface area (Å²) in [5.41, 5.74) is 0.614. The molecule has 2 aliphatic heterocycles. The average molecular weight is 315 g/mol. The molecule has 3 rings (SSSR count). The third kappa shape index (κ3) is 3.68. The highest BCUT2D eigenvalue weighted by Gasteiger charge is 2.39. The van der Waals surface area contributed by atoms with Gasteiger partial charge in [0.1, 0.15) is 17.7 Å². The highest BCUT2D eigenvalue weighted by Crippen LogP contribution is 2.36. The number of hydrogen-bond acceptors (Lipinski definition) is 3. The lowest BCUT2D eigenvalue weighted by molar-refractivity contribution is -0.155. The van der Waals surface area contributed by atoms with E-state index in [-0.39, 0.29) is 23.4 Å². The zero-order valence-corrected chi connectivity index (χ0v) is 12.7. The first-order valence-electron chi connectivity index (χ1n) is 7.43. The molecule has 1 aromatic carbocycles. The van der Waals surface area contributed by atoms with Gasteiger partial charge in [-0.3, -0.25) is 0 Å². The molecule has 0 bridgehead atoms. The van der Waals surface area contributed by atoms with Gasteiger partial charge in [0.15, 0.2) is 0 Å². The molecule has 21 heavy (non-hydrogen) atoms. The third-order valence-corrected chi connectivity index (χ3v) is 4.55. The highest BCUT2D eigenvalue weighted by atomic mass is 35.5. The van der Waals surface area contributed by atoms with Gasteiger partial charge in [-0.05, 0) is 30.5 Å². The quantitative estimate of drug-likeness (QED) is 0.797. The summed E-state index contributed by atoms with van der Waals surface area (Å²) in [6.07, 6.45) is 3.53. The van der Waals surface area contributed by atoms with Gasteiger partial charge < -0.3 is 14.2 Å². The van der Waals surface area contributed by atoms with E-state index in [0.717, 1.165) is 44.5 Å². The first-order valence-corrected chi connectivity index (χ1v) is 7.96. The number of hydrogen-bond donors (Lipinski definition) is 0. The summed E-state index contributed by atoms with van der Waals surface area (Å²) in [6, 6.07) is 4.66. The lowest BCUT2D eigenvalue weighted by atomic mass is 9.85. The molecule has 0 N–H and O–H groups in total. The smallest absolute Gasteiger partial charge is 0.127 e. The van der Waals surface area contributed by atoms with Crippen LogP contribution < -0.4 is 4.74 Å². The normalized spacial score (nSPS) is 25.0. The van der Waals surface area contributed by atoms with Crippen LogP contribution in [0.4, 0.5) is 4.39 Å². The standard InChI is InChI=1S/C16H20ClFO3/c17-11-12-7-13(18)9-15(8-12)21-14-1-4-20-16(10-14)2-5-19-6-3-16/h7-9,14H,1-6,10-11H2. The van der Waals surface area contributed by atoms with E-state index in [1.54, 1.807) is 0 Å². The van der Waals surface area contributed by atoms with Gasteiger partial charge in [0, 0.05) is 38.0 Å². The molecule has 0 radical (unpaired) electrons. The maximum atomic E-state index is 13.5. The summed E-state index contributed by atoms with van der Waals surface area (Å²) in [5, 5.41) is 0. The minimum atomic E-state index is -0.309. The number of halogens is 2. The van der Waals surface area contributed by atoms with Crippen molar-refractivity contribution in [3.05, 3.63) is 29.6 Å². The topological polar surface area (TPSA) is 27.7 Å². The van der Waals surface area contributed by atoms with E-state index >= 15 is 0 Å². The average Bonchev–Trinajstić information content (AvgIpc) is 2.47. The van der Waals surface area contributed by atoms with Crippen molar-refractivity contribution in [2.75, 3.05) is 19.8 Å². The monoisotopic (exact) mass is 314 g/mol. The van der Waals surface area contributed by atoms with Crippen molar-refractivity contribution >= 4 is 11.6 Å². The van der Waals surface area contributed by atoms with Crippen molar-refractivity contribution in [1.82, 2.24) is 0 Å². The van der Waals surface area contributed by atoms with Crippen molar-refractivity contribution in [3.8, 4) is 5.75 Å². The highest BCUT2D eigenvalue weighted by molar-refractivity contribution is 6.17. The maximum absolute atomic E-state index is 13.5. The van der Waals surface area contributed by atoms with Gasteiger partial charge in [0.25, 0.3) is 0 Å². The van der Waals surface area contributed by atoms with E-state index in [0.29, 0.717) is 12.4 Å². The van der Waals surface area contributed by atoms with E-state index in [1.165, 1.54) is 12.1 Å². The van der Waals surface area contributed by atoms with Crippen LogP contribution >= 0.6 is 11.6 Å². The number of rotatable bonds is 3. The Hall–Kier alpha value is -0.840. The van der Waals surface area contributed by atoms with Crippen LogP contribution in [0.25, 0.3) is 0 Å². The predicted octanol–water partition coefficient (Wildman–Crippen LogP) is 3.67. The Morgan fingerprint density at radius 2 is 2.05 bits per heavy atom. The minimum Gasteiger partial charge on any atom is -0.490 e. The number of alkyl halides is 1. The van der Waals surface area contributed by atoms with Crippen LogP contribution in [-0.2, 0) is 15.4 Å². The fourth-order valence-corrected chi connectivity index (χ4v) is 3.29. The molecule has 2 fully saturated rings. The van der Waals surface area contributed by atoms with Gasteiger partial charge in [0.2, 0.25) is 0 Å². The Balaban J connectivity index is 1.68. The van der Waals surface area contributed by atoms with Crippen molar-refractivity contribution in [1.29, 1.82) is 0 Å². The second-order valence-electron chi connectivity index (χ2n) is 5.81. The Morgan fingerprint density at radius 3 is 2.81 bits per heavy atom. The lowest BCUT2D eigenvalue weighted by Gasteiger charge is -2.43. The van der Waals surface area contributed by atoms with Gasteiger partial charge in [-0.2, -0.15) is 0 Å². The minimum absolute atomic E-state index is 0.0572. The molecule has 2 heterocycles. The maximum Gasteiger partial charge on any atom is 0.127 e. The van der Waals surface area contributed by atoms with E-state index in [4.69, 9.17) is 25.8 Å². The SMILES string of the molecule is Fc1cc(CCl)cc(OC2CCOC3(CCOCC3)C2)c1. The molecule has 1 unspecified atom stereocenters. The van der Waals surface area contributed by atoms with E-state index < -0.39 is 0 Å². The molecule has 3 nitrogen and oxygen atoms in total. The lowest BCUT2D eigenvalue weighted by Crippen LogP contribution is -2.47. The summed E-state index contributed by atoms with van der Waals surface area (Å²) in [6.45, 7) is 2.16. The zero-order valence-electron chi connectivity index (χ0n) is 11.9. The summed E-state index contributed by atoms with van der Waals surface area (Å²) >= 11 is 5.77. The molecule has 2 aliphatic rings. The third-order valence-electron chi connectivity index (χ3n) is 4.24. The van der Waals surface area contributed by atoms with Crippen molar-refractivity contribution in [3.63, 3.8) is 0 Å². The molecule has 0 aromatic heterocycles. The summed E-state index contributed by atoms with van der Waals surface area (Å²) in [4.78, 5) is 0. The Morgan fingerprint density at radius 1 is 1.24 bits per heavy atom. The van der Waals surface area contributed by atoms with Crippen LogP contribution in [0.2, 0.25) is 0 Å². The molecule has 0 aliphatic carbocycles. The summed E-state index contributed by atoms with van der Waals surface area (Å²) in [5.74, 6) is 0.527. The Kier molecular flexibility index (Phi) is 4.67. The molecular weight excluding hydrogens is 295 g/mol. The second-order valence-corrected chi connectivity index (χ2v) is 6.07. The number of benzene rings is 1. The van der Waals surface area contributed by atoms with E-state index in [1.807, 2.05) is 6.07 Å². The molecule has 0 amide bonds. The Labute approximate surface area is 129 Å². The fraction of sp³-hybridized carbons (Fsp3) is 0.625. The summed E-state index contributed by atoms with van der Waals surface area (Å²) < 4.78 is 30.9. The fourth-order valence-electron chi connectivity index (χ4n) is 3.13. The molecule has 1 atom stereocenters. The molecule has 1 aromatic rings. The van der Waals surface area contributed by atoms with Gasteiger partial charge in [-0.15, -0.1) is 11.6 Å². The summed E-state index contributed by atoms with van der Waals surface area (Å²) in [7, 11) is 0. The van der Waals surface area contributed by atoms with Crippen LogP contribution in [0, 0.1) is 5.82 Å². The van der Waals surface area contributed by atoms with Gasteiger partial charge in [-0.25, -0.2) is 4.39 Å². The van der Waals surface area contributed by atoms with E-state index in [9.17, 15) is 4.39 Å². The molecule has 116 valence electrons. The largest absolute Gasteiger partial charge is 0.490 e. The van der Waals surface area contributed by atoms with Gasteiger partial charge in [-0.1, -0.05) is 0 Å². The van der Waals surface area contributed by atoms with Crippen LogP contribution in [-0.4, -0.2) is 31.5 Å². The molecule has 5 heteroatoms. The molecule has 1 spiro atoms.